The molecule has 3 rings (SSSR count). The van der Waals surface area contributed by atoms with Crippen LogP contribution in [0.15, 0.2) is 54.7 Å². The van der Waals surface area contributed by atoms with Crippen molar-refractivity contribution in [2.75, 3.05) is 16.8 Å². The zero-order valence-corrected chi connectivity index (χ0v) is 14.4. The fraction of sp³-hybridized carbons (Fsp3) is 0.167. The first kappa shape index (κ1) is 17.1. The van der Waals surface area contributed by atoms with E-state index in [0.29, 0.717) is 17.5 Å². The average molecular weight is 358 g/mol. The lowest BCUT2D eigenvalue weighted by molar-refractivity contribution is 0.628. The lowest BCUT2D eigenvalue weighted by Crippen LogP contribution is -2.23. The van der Waals surface area contributed by atoms with E-state index in [4.69, 9.17) is 11.6 Å². The van der Waals surface area contributed by atoms with Gasteiger partial charge in [0.25, 0.3) is 0 Å². The van der Waals surface area contributed by atoms with Crippen LogP contribution in [0.3, 0.4) is 0 Å². The van der Waals surface area contributed by atoms with E-state index < -0.39 is 5.82 Å². The van der Waals surface area contributed by atoms with Gasteiger partial charge in [-0.2, -0.15) is 10.1 Å². The molecule has 1 aromatic heterocycles. The maximum atomic E-state index is 13.3. The molecular formula is C18H17ClFN5. The summed E-state index contributed by atoms with van der Waals surface area (Å²) in [6.45, 7) is 3.55. The van der Waals surface area contributed by atoms with Gasteiger partial charge in [0.05, 0.1) is 11.2 Å². The molecule has 0 unspecified atom stereocenters. The molecular weight excluding hydrogens is 341 g/mol. The summed E-state index contributed by atoms with van der Waals surface area (Å²) in [7, 11) is 0. The van der Waals surface area contributed by atoms with Gasteiger partial charge in [-0.05, 0) is 30.7 Å². The minimum Gasteiger partial charge on any atom is -0.351 e. The lowest BCUT2D eigenvalue weighted by atomic mass is 10.2. The van der Waals surface area contributed by atoms with Gasteiger partial charge in [-0.15, -0.1) is 5.10 Å². The summed E-state index contributed by atoms with van der Waals surface area (Å²) in [6.07, 6.45) is 1.62. The maximum Gasteiger partial charge on any atom is 0.249 e. The van der Waals surface area contributed by atoms with Gasteiger partial charge in [0, 0.05) is 18.8 Å². The molecule has 0 atom stereocenters. The molecule has 0 aliphatic heterocycles. The third-order valence-electron chi connectivity index (χ3n) is 3.64. The standard InChI is InChI=1S/C18H17ClFN5/c1-2-25(12-13-6-4-3-5-7-13)17-11-21-24-18(23-17)22-14-8-9-16(20)15(19)10-14/h3-11H,2,12H2,1H3,(H,22,23,24). The van der Waals surface area contributed by atoms with Crippen LogP contribution in [0.25, 0.3) is 0 Å². The number of anilines is 3. The predicted octanol–water partition coefficient (Wildman–Crippen LogP) is 4.43. The van der Waals surface area contributed by atoms with E-state index in [0.717, 1.165) is 13.1 Å². The lowest BCUT2D eigenvalue weighted by Gasteiger charge is -2.21. The number of rotatable bonds is 6. The Morgan fingerprint density at radius 1 is 1.16 bits per heavy atom. The van der Waals surface area contributed by atoms with Gasteiger partial charge in [-0.1, -0.05) is 41.9 Å². The molecule has 0 aliphatic rings. The van der Waals surface area contributed by atoms with Crippen molar-refractivity contribution >= 4 is 29.1 Å². The zero-order chi connectivity index (χ0) is 17.6. The van der Waals surface area contributed by atoms with E-state index in [9.17, 15) is 4.39 Å². The SMILES string of the molecule is CCN(Cc1ccccc1)c1cnnc(Nc2ccc(F)c(Cl)c2)n1. The Labute approximate surface area is 150 Å². The number of benzene rings is 2. The van der Waals surface area contributed by atoms with Gasteiger partial charge in [0.1, 0.15) is 5.82 Å². The van der Waals surface area contributed by atoms with Crippen molar-refractivity contribution in [3.63, 3.8) is 0 Å². The van der Waals surface area contributed by atoms with Gasteiger partial charge in [-0.3, -0.25) is 0 Å². The number of nitrogens with zero attached hydrogens (tertiary/aromatic N) is 4. The molecule has 5 nitrogen and oxygen atoms in total. The first-order valence-corrected chi connectivity index (χ1v) is 8.24. The Balaban J connectivity index is 1.78. The summed E-state index contributed by atoms with van der Waals surface area (Å²) in [5.74, 6) is 0.559. The Morgan fingerprint density at radius 3 is 2.68 bits per heavy atom. The van der Waals surface area contributed by atoms with Gasteiger partial charge in [0.15, 0.2) is 5.82 Å². The molecule has 0 bridgehead atoms. The van der Waals surface area contributed by atoms with E-state index in [2.05, 4.69) is 44.5 Å². The van der Waals surface area contributed by atoms with Crippen LogP contribution in [0.1, 0.15) is 12.5 Å². The molecule has 2 aromatic carbocycles. The zero-order valence-electron chi connectivity index (χ0n) is 13.7. The van der Waals surface area contributed by atoms with Crippen molar-refractivity contribution in [1.29, 1.82) is 0 Å². The van der Waals surface area contributed by atoms with Crippen LogP contribution >= 0.6 is 11.6 Å². The second-order valence-corrected chi connectivity index (χ2v) is 5.80. The van der Waals surface area contributed by atoms with E-state index in [-0.39, 0.29) is 5.02 Å². The third-order valence-corrected chi connectivity index (χ3v) is 3.93. The third kappa shape index (κ3) is 4.42. The Kier molecular flexibility index (Phi) is 5.40. The highest BCUT2D eigenvalue weighted by atomic mass is 35.5. The van der Waals surface area contributed by atoms with Crippen LogP contribution in [0.5, 0.6) is 0 Å². The highest BCUT2D eigenvalue weighted by Gasteiger charge is 2.10. The molecule has 0 radical (unpaired) electrons. The van der Waals surface area contributed by atoms with Gasteiger partial charge in [-0.25, -0.2) is 4.39 Å². The molecule has 7 heteroatoms. The summed E-state index contributed by atoms with van der Waals surface area (Å²) >= 11 is 5.79. The van der Waals surface area contributed by atoms with Gasteiger partial charge in [0.2, 0.25) is 5.95 Å². The Morgan fingerprint density at radius 2 is 1.96 bits per heavy atom. The fourth-order valence-electron chi connectivity index (χ4n) is 2.36. The molecule has 0 aliphatic carbocycles. The minimum absolute atomic E-state index is 0.0355. The van der Waals surface area contributed by atoms with E-state index >= 15 is 0 Å². The van der Waals surface area contributed by atoms with E-state index in [1.54, 1.807) is 12.3 Å². The van der Waals surface area contributed by atoms with E-state index in [1.807, 2.05) is 18.2 Å². The van der Waals surface area contributed by atoms with Crippen LogP contribution in [0, 0.1) is 5.82 Å². The van der Waals surface area contributed by atoms with Crippen LogP contribution in [-0.4, -0.2) is 21.7 Å². The predicted molar refractivity (Wildman–Crippen MR) is 97.7 cm³/mol. The van der Waals surface area contributed by atoms with Crippen molar-refractivity contribution in [3.8, 4) is 0 Å². The highest BCUT2D eigenvalue weighted by molar-refractivity contribution is 6.31. The number of hydrogen-bond donors (Lipinski definition) is 1. The Bertz CT molecular complexity index is 844. The van der Waals surface area contributed by atoms with Crippen LogP contribution < -0.4 is 10.2 Å². The topological polar surface area (TPSA) is 53.9 Å². The molecule has 0 saturated heterocycles. The van der Waals surface area contributed by atoms with Crippen LogP contribution in [0.2, 0.25) is 5.02 Å². The molecule has 0 saturated carbocycles. The largest absolute Gasteiger partial charge is 0.351 e. The summed E-state index contributed by atoms with van der Waals surface area (Å²) in [4.78, 5) is 6.58. The molecule has 25 heavy (non-hydrogen) atoms. The van der Waals surface area contributed by atoms with Crippen molar-refractivity contribution in [2.45, 2.75) is 13.5 Å². The van der Waals surface area contributed by atoms with Crippen LogP contribution in [0.4, 0.5) is 21.8 Å². The molecule has 1 heterocycles. The van der Waals surface area contributed by atoms with E-state index in [1.165, 1.54) is 17.7 Å². The van der Waals surface area contributed by atoms with Gasteiger partial charge >= 0.3 is 0 Å². The smallest absolute Gasteiger partial charge is 0.249 e. The molecule has 128 valence electrons. The van der Waals surface area contributed by atoms with Crippen molar-refractivity contribution in [3.05, 3.63) is 71.1 Å². The number of halogens is 2. The maximum absolute atomic E-state index is 13.3. The normalized spacial score (nSPS) is 10.5. The minimum atomic E-state index is -0.472. The van der Waals surface area contributed by atoms with Crippen molar-refractivity contribution < 1.29 is 4.39 Å². The summed E-state index contributed by atoms with van der Waals surface area (Å²) < 4.78 is 13.3. The first-order valence-electron chi connectivity index (χ1n) is 7.86. The van der Waals surface area contributed by atoms with Crippen molar-refractivity contribution in [1.82, 2.24) is 15.2 Å². The molecule has 0 spiro atoms. The quantitative estimate of drug-likeness (QED) is 0.707. The highest BCUT2D eigenvalue weighted by Crippen LogP contribution is 2.22. The Hall–Kier alpha value is -2.73. The van der Waals surface area contributed by atoms with Crippen molar-refractivity contribution in [2.24, 2.45) is 0 Å². The molecule has 0 amide bonds. The average Bonchev–Trinajstić information content (AvgIpc) is 2.64. The van der Waals surface area contributed by atoms with Gasteiger partial charge < -0.3 is 10.2 Å². The summed E-state index contributed by atoms with van der Waals surface area (Å²) in [5, 5.41) is 11.0. The second kappa shape index (κ2) is 7.90. The number of aromatic nitrogens is 3. The molecule has 0 fully saturated rings. The summed E-state index contributed by atoms with van der Waals surface area (Å²) in [6, 6.07) is 14.5. The van der Waals surface area contributed by atoms with Crippen LogP contribution in [-0.2, 0) is 6.54 Å². The monoisotopic (exact) mass is 357 g/mol. The second-order valence-electron chi connectivity index (χ2n) is 5.39. The summed E-state index contributed by atoms with van der Waals surface area (Å²) in [5.41, 5.74) is 1.78. The molecule has 3 aromatic rings. The number of nitrogens with one attached hydrogen (secondary N) is 1. The number of hydrogen-bond acceptors (Lipinski definition) is 5. The molecule has 1 N–H and O–H groups in total. The first-order chi connectivity index (χ1) is 12.2. The fourth-order valence-corrected chi connectivity index (χ4v) is 2.54.